The van der Waals surface area contributed by atoms with Crippen LogP contribution in [-0.2, 0) is 0 Å². The number of nitrogens with zero attached hydrogens (tertiary/aromatic N) is 2. The van der Waals surface area contributed by atoms with E-state index in [2.05, 4.69) is 13.8 Å². The van der Waals surface area contributed by atoms with Crippen LogP contribution >= 0.6 is 0 Å². The molecular formula is C15H24N2O2. The molecule has 0 aliphatic carbocycles. The van der Waals surface area contributed by atoms with Gasteiger partial charge in [-0.05, 0) is 51.2 Å². The Morgan fingerprint density at radius 1 is 1.53 bits per heavy atom. The summed E-state index contributed by atoms with van der Waals surface area (Å²) in [7, 11) is 0. The third-order valence-electron chi connectivity index (χ3n) is 3.90. The summed E-state index contributed by atoms with van der Waals surface area (Å²) < 4.78 is 2.03. The van der Waals surface area contributed by atoms with Gasteiger partial charge in [0.05, 0.1) is 0 Å². The number of carbonyl (C=O) groups excluding carboxylic acids is 1. The maximum Gasteiger partial charge on any atom is 0.270 e. The first-order chi connectivity index (χ1) is 9.13. The number of amides is 1. The zero-order valence-corrected chi connectivity index (χ0v) is 11.9. The summed E-state index contributed by atoms with van der Waals surface area (Å²) in [6, 6.07) is 4.13. The number of rotatable bonds is 4. The van der Waals surface area contributed by atoms with Crippen molar-refractivity contribution in [3.05, 3.63) is 24.0 Å². The Bertz CT molecular complexity index is 424. The fraction of sp³-hybridized carbons (Fsp3) is 0.667. The quantitative estimate of drug-likeness (QED) is 0.907. The summed E-state index contributed by atoms with van der Waals surface area (Å²) in [6.45, 7) is 6.00. The van der Waals surface area contributed by atoms with Gasteiger partial charge in [0.15, 0.2) is 0 Å². The topological polar surface area (TPSA) is 45.5 Å². The van der Waals surface area contributed by atoms with Gasteiger partial charge in [-0.1, -0.05) is 0 Å². The first kappa shape index (κ1) is 14.1. The number of piperidine rings is 1. The molecule has 1 unspecified atom stereocenters. The van der Waals surface area contributed by atoms with Gasteiger partial charge in [-0.25, -0.2) is 0 Å². The van der Waals surface area contributed by atoms with Gasteiger partial charge in [-0.15, -0.1) is 0 Å². The molecule has 0 radical (unpaired) electrons. The molecule has 1 aliphatic rings. The Balaban J connectivity index is 2.08. The fourth-order valence-electron chi connectivity index (χ4n) is 2.86. The molecule has 1 aliphatic heterocycles. The molecule has 2 rings (SSSR count). The molecule has 1 fully saturated rings. The lowest BCUT2D eigenvalue weighted by Crippen LogP contribution is -2.41. The van der Waals surface area contributed by atoms with Gasteiger partial charge in [0.1, 0.15) is 5.69 Å². The van der Waals surface area contributed by atoms with Crippen LogP contribution in [0.15, 0.2) is 18.3 Å². The molecule has 4 heteroatoms. The zero-order chi connectivity index (χ0) is 13.8. The summed E-state index contributed by atoms with van der Waals surface area (Å²) in [5.41, 5.74) is 0.777. The Morgan fingerprint density at radius 2 is 2.32 bits per heavy atom. The molecule has 1 amide bonds. The minimum absolute atomic E-state index is 0.126. The lowest BCUT2D eigenvalue weighted by molar-refractivity contribution is 0.0641. The van der Waals surface area contributed by atoms with E-state index in [0.717, 1.165) is 38.0 Å². The molecule has 2 heterocycles. The first-order valence-corrected chi connectivity index (χ1v) is 7.20. The molecule has 19 heavy (non-hydrogen) atoms. The molecule has 1 atom stereocenters. The molecule has 4 nitrogen and oxygen atoms in total. The van der Waals surface area contributed by atoms with E-state index < -0.39 is 0 Å². The van der Waals surface area contributed by atoms with E-state index in [1.165, 1.54) is 0 Å². The molecule has 1 saturated heterocycles. The third-order valence-corrected chi connectivity index (χ3v) is 3.90. The molecule has 1 aromatic heterocycles. The number of aromatic nitrogens is 1. The summed E-state index contributed by atoms with van der Waals surface area (Å²) in [5.74, 6) is 0.575. The number of aliphatic hydroxyl groups excluding tert-OH is 1. The van der Waals surface area contributed by atoms with E-state index in [0.29, 0.717) is 12.0 Å². The lowest BCUT2D eigenvalue weighted by Gasteiger charge is -2.33. The van der Waals surface area contributed by atoms with Gasteiger partial charge in [0, 0.05) is 31.9 Å². The predicted octanol–water partition coefficient (Wildman–Crippen LogP) is 2.30. The number of likely N-dealkylation sites (tertiary alicyclic amines) is 1. The van der Waals surface area contributed by atoms with Crippen LogP contribution in [0.3, 0.4) is 0 Å². The highest BCUT2D eigenvalue weighted by Gasteiger charge is 2.25. The standard InChI is InChI=1S/C15H24N2O2/c1-12(2)17-9-4-6-14(17)15(19)16-8-3-5-13(11-16)7-10-18/h4,6,9,12-13,18H,3,5,7-8,10-11H2,1-2H3. The highest BCUT2D eigenvalue weighted by Crippen LogP contribution is 2.22. The summed E-state index contributed by atoms with van der Waals surface area (Å²) in [4.78, 5) is 14.5. The average Bonchev–Trinajstić information content (AvgIpc) is 2.88. The van der Waals surface area contributed by atoms with Crippen LogP contribution in [0, 0.1) is 5.92 Å². The summed E-state index contributed by atoms with van der Waals surface area (Å²) in [5, 5.41) is 9.04. The van der Waals surface area contributed by atoms with Crippen molar-refractivity contribution in [1.82, 2.24) is 9.47 Å². The van der Waals surface area contributed by atoms with Gasteiger partial charge < -0.3 is 14.6 Å². The summed E-state index contributed by atoms with van der Waals surface area (Å²) >= 11 is 0. The van der Waals surface area contributed by atoms with Crippen LogP contribution in [0.25, 0.3) is 0 Å². The smallest absolute Gasteiger partial charge is 0.270 e. The number of aliphatic hydroxyl groups is 1. The van der Waals surface area contributed by atoms with Crippen LogP contribution in [0.5, 0.6) is 0 Å². The van der Waals surface area contributed by atoms with Crippen LogP contribution in [0.1, 0.15) is 49.6 Å². The van der Waals surface area contributed by atoms with Crippen LogP contribution < -0.4 is 0 Å². The van der Waals surface area contributed by atoms with Crippen molar-refractivity contribution in [2.24, 2.45) is 5.92 Å². The van der Waals surface area contributed by atoms with E-state index in [1.807, 2.05) is 27.8 Å². The van der Waals surface area contributed by atoms with Crippen molar-refractivity contribution >= 4 is 5.91 Å². The normalized spacial score (nSPS) is 20.0. The van der Waals surface area contributed by atoms with Crippen molar-refractivity contribution in [3.63, 3.8) is 0 Å². The van der Waals surface area contributed by atoms with Gasteiger partial charge in [0.2, 0.25) is 0 Å². The Labute approximate surface area is 115 Å². The van der Waals surface area contributed by atoms with Gasteiger partial charge in [0.25, 0.3) is 5.91 Å². The molecule has 0 saturated carbocycles. The van der Waals surface area contributed by atoms with E-state index >= 15 is 0 Å². The number of carbonyl (C=O) groups is 1. The van der Waals surface area contributed by atoms with Crippen LogP contribution in [-0.4, -0.2) is 40.2 Å². The molecule has 0 spiro atoms. The largest absolute Gasteiger partial charge is 0.396 e. The highest BCUT2D eigenvalue weighted by atomic mass is 16.3. The Hall–Kier alpha value is -1.29. The Kier molecular flexibility index (Phi) is 4.64. The number of hydrogen-bond acceptors (Lipinski definition) is 2. The summed E-state index contributed by atoms with van der Waals surface area (Å²) in [6.07, 6.45) is 4.93. The second-order valence-electron chi connectivity index (χ2n) is 5.67. The minimum Gasteiger partial charge on any atom is -0.396 e. The first-order valence-electron chi connectivity index (χ1n) is 7.20. The van der Waals surface area contributed by atoms with Crippen molar-refractivity contribution in [1.29, 1.82) is 0 Å². The molecule has 106 valence electrons. The molecular weight excluding hydrogens is 240 g/mol. The molecule has 1 aromatic rings. The zero-order valence-electron chi connectivity index (χ0n) is 11.9. The maximum atomic E-state index is 12.6. The highest BCUT2D eigenvalue weighted by molar-refractivity contribution is 5.92. The van der Waals surface area contributed by atoms with Crippen molar-refractivity contribution in [2.75, 3.05) is 19.7 Å². The van der Waals surface area contributed by atoms with Crippen LogP contribution in [0.4, 0.5) is 0 Å². The predicted molar refractivity (Wildman–Crippen MR) is 75.1 cm³/mol. The maximum absolute atomic E-state index is 12.6. The van der Waals surface area contributed by atoms with E-state index in [1.54, 1.807) is 0 Å². The van der Waals surface area contributed by atoms with Crippen molar-refractivity contribution < 1.29 is 9.90 Å². The van der Waals surface area contributed by atoms with E-state index in [4.69, 9.17) is 5.11 Å². The molecule has 0 aromatic carbocycles. The van der Waals surface area contributed by atoms with Gasteiger partial charge >= 0.3 is 0 Å². The fourth-order valence-corrected chi connectivity index (χ4v) is 2.86. The van der Waals surface area contributed by atoms with E-state index in [9.17, 15) is 4.79 Å². The lowest BCUT2D eigenvalue weighted by atomic mass is 9.95. The van der Waals surface area contributed by atoms with Crippen molar-refractivity contribution in [2.45, 2.75) is 39.2 Å². The van der Waals surface area contributed by atoms with Gasteiger partial charge in [-0.3, -0.25) is 4.79 Å². The molecule has 1 N–H and O–H groups in total. The second-order valence-corrected chi connectivity index (χ2v) is 5.67. The number of hydrogen-bond donors (Lipinski definition) is 1. The molecule has 0 bridgehead atoms. The Morgan fingerprint density at radius 3 is 3.00 bits per heavy atom. The SMILES string of the molecule is CC(C)n1cccc1C(=O)N1CCCC(CCO)C1. The second kappa shape index (κ2) is 6.24. The van der Waals surface area contributed by atoms with Crippen LogP contribution in [0.2, 0.25) is 0 Å². The van der Waals surface area contributed by atoms with Gasteiger partial charge in [-0.2, -0.15) is 0 Å². The van der Waals surface area contributed by atoms with Crippen molar-refractivity contribution in [3.8, 4) is 0 Å². The average molecular weight is 264 g/mol. The minimum atomic E-state index is 0.126. The monoisotopic (exact) mass is 264 g/mol. The third kappa shape index (κ3) is 3.18. The van der Waals surface area contributed by atoms with E-state index in [-0.39, 0.29) is 12.5 Å².